The highest BCUT2D eigenvalue weighted by atomic mass is 32.2. The van der Waals surface area contributed by atoms with Gasteiger partial charge in [-0.2, -0.15) is 0 Å². The Bertz CT molecular complexity index is 1450. The number of primary sulfonamides is 1. The van der Waals surface area contributed by atoms with E-state index in [-0.39, 0.29) is 33.0 Å². The molecule has 172 valence electrons. The molecule has 0 unspecified atom stereocenters. The zero-order valence-electron chi connectivity index (χ0n) is 17.4. The standard InChI is InChI=1S/C23H17N3O7S/c24-34(32,33)18-11-9-16(10-12-18)25-20(15-7-4-8-17(13-15)26(30)31)19(22(28)23(25)29)21(27)14-5-2-1-3-6-14/h1-13,20,27H,(H2,24,32,33)/b21-19-/t20-/m0/s1. The molecule has 1 atom stereocenters. The Morgan fingerprint density at radius 2 is 1.62 bits per heavy atom. The van der Waals surface area contributed by atoms with Gasteiger partial charge in [-0.3, -0.25) is 24.6 Å². The summed E-state index contributed by atoms with van der Waals surface area (Å²) in [6.07, 6.45) is 0. The van der Waals surface area contributed by atoms with Crippen molar-refractivity contribution in [3.05, 3.63) is 106 Å². The molecule has 1 saturated heterocycles. The number of hydrogen-bond acceptors (Lipinski definition) is 7. The van der Waals surface area contributed by atoms with Gasteiger partial charge >= 0.3 is 0 Å². The van der Waals surface area contributed by atoms with Crippen LogP contribution in [0.2, 0.25) is 0 Å². The molecule has 3 aromatic carbocycles. The number of nitro benzene ring substituents is 1. The second kappa shape index (κ2) is 8.54. The highest BCUT2D eigenvalue weighted by Gasteiger charge is 2.47. The van der Waals surface area contributed by atoms with Crippen LogP contribution < -0.4 is 10.0 Å². The molecule has 34 heavy (non-hydrogen) atoms. The number of benzene rings is 3. The van der Waals surface area contributed by atoms with Crippen LogP contribution in [-0.4, -0.2) is 30.1 Å². The number of aliphatic hydroxyl groups excluding tert-OH is 1. The van der Waals surface area contributed by atoms with Gasteiger partial charge in [0.1, 0.15) is 5.76 Å². The molecule has 1 heterocycles. The number of aliphatic hydroxyl groups is 1. The second-order valence-electron chi connectivity index (χ2n) is 7.43. The first-order chi connectivity index (χ1) is 16.1. The monoisotopic (exact) mass is 479 g/mol. The van der Waals surface area contributed by atoms with E-state index in [1.807, 2.05) is 0 Å². The number of rotatable bonds is 5. The van der Waals surface area contributed by atoms with Crippen molar-refractivity contribution in [3.63, 3.8) is 0 Å². The number of Topliss-reactive ketones (excluding diaryl/α,β-unsaturated/α-hetero) is 1. The van der Waals surface area contributed by atoms with Gasteiger partial charge in [-0.1, -0.05) is 42.5 Å². The van der Waals surface area contributed by atoms with Crippen LogP contribution in [0, 0.1) is 10.1 Å². The van der Waals surface area contributed by atoms with Crippen LogP contribution in [0.5, 0.6) is 0 Å². The van der Waals surface area contributed by atoms with Gasteiger partial charge in [-0.15, -0.1) is 0 Å². The van der Waals surface area contributed by atoms with Crippen molar-refractivity contribution in [2.24, 2.45) is 5.14 Å². The normalized spacial score (nSPS) is 17.7. The second-order valence-corrected chi connectivity index (χ2v) is 8.99. The van der Waals surface area contributed by atoms with Gasteiger partial charge in [0.2, 0.25) is 10.0 Å². The molecular formula is C23H17N3O7S. The van der Waals surface area contributed by atoms with E-state index in [1.165, 1.54) is 48.5 Å². The minimum absolute atomic E-state index is 0.137. The van der Waals surface area contributed by atoms with Crippen LogP contribution in [-0.2, 0) is 19.6 Å². The van der Waals surface area contributed by atoms with Crippen LogP contribution in [0.25, 0.3) is 5.76 Å². The Hall–Kier alpha value is -4.35. The first kappa shape index (κ1) is 22.8. The van der Waals surface area contributed by atoms with Crippen LogP contribution in [0.1, 0.15) is 17.2 Å². The zero-order valence-corrected chi connectivity index (χ0v) is 18.2. The molecule has 1 aliphatic rings. The lowest BCUT2D eigenvalue weighted by Gasteiger charge is -2.25. The molecule has 1 fully saturated rings. The summed E-state index contributed by atoms with van der Waals surface area (Å²) in [6, 6.07) is 17.2. The lowest BCUT2D eigenvalue weighted by Crippen LogP contribution is -2.29. The molecule has 0 aromatic heterocycles. The quantitative estimate of drug-likeness (QED) is 0.187. The van der Waals surface area contributed by atoms with Crippen molar-refractivity contribution in [2.45, 2.75) is 10.9 Å². The van der Waals surface area contributed by atoms with E-state index in [4.69, 9.17) is 5.14 Å². The van der Waals surface area contributed by atoms with Gasteiger partial charge in [-0.25, -0.2) is 13.6 Å². The van der Waals surface area contributed by atoms with E-state index in [9.17, 15) is 33.2 Å². The summed E-state index contributed by atoms with van der Waals surface area (Å²) in [4.78, 5) is 37.7. The van der Waals surface area contributed by atoms with Gasteiger partial charge in [-0.05, 0) is 29.8 Å². The van der Waals surface area contributed by atoms with Crippen LogP contribution in [0.15, 0.2) is 89.3 Å². The Balaban J connectivity index is 1.95. The molecule has 0 bridgehead atoms. The lowest BCUT2D eigenvalue weighted by atomic mass is 9.95. The Morgan fingerprint density at radius 1 is 0.971 bits per heavy atom. The molecule has 0 spiro atoms. The number of non-ortho nitro benzene ring substituents is 1. The fraction of sp³-hybridized carbons (Fsp3) is 0.0435. The van der Waals surface area contributed by atoms with Gasteiger partial charge < -0.3 is 5.11 Å². The third-order valence-corrected chi connectivity index (χ3v) is 6.26. The zero-order chi connectivity index (χ0) is 24.6. The number of ketones is 1. The highest BCUT2D eigenvalue weighted by Crippen LogP contribution is 2.42. The molecule has 11 heteroatoms. The predicted octanol–water partition coefficient (Wildman–Crippen LogP) is 2.87. The number of hydrogen-bond donors (Lipinski definition) is 2. The van der Waals surface area contributed by atoms with E-state index in [1.54, 1.807) is 30.3 Å². The largest absolute Gasteiger partial charge is 0.507 e. The smallest absolute Gasteiger partial charge is 0.300 e. The molecule has 0 saturated carbocycles. The average Bonchev–Trinajstić information content (AvgIpc) is 3.09. The van der Waals surface area contributed by atoms with E-state index < -0.39 is 38.4 Å². The number of amides is 1. The molecular weight excluding hydrogens is 462 g/mol. The van der Waals surface area contributed by atoms with E-state index in [0.717, 1.165) is 4.90 Å². The van der Waals surface area contributed by atoms with E-state index in [0.29, 0.717) is 0 Å². The number of carbonyl (C=O) groups excluding carboxylic acids is 2. The van der Waals surface area contributed by atoms with Crippen molar-refractivity contribution in [3.8, 4) is 0 Å². The molecule has 3 aromatic rings. The molecule has 0 radical (unpaired) electrons. The summed E-state index contributed by atoms with van der Waals surface area (Å²) >= 11 is 0. The van der Waals surface area contributed by atoms with Crippen molar-refractivity contribution < 1.29 is 28.0 Å². The molecule has 0 aliphatic carbocycles. The van der Waals surface area contributed by atoms with Gasteiger partial charge in [0.15, 0.2) is 0 Å². The van der Waals surface area contributed by atoms with Crippen LogP contribution in [0.3, 0.4) is 0 Å². The number of sulfonamides is 1. The van der Waals surface area contributed by atoms with Crippen molar-refractivity contribution in [1.29, 1.82) is 0 Å². The summed E-state index contributed by atoms with van der Waals surface area (Å²) in [5.41, 5.74) is 0.0969. The topological polar surface area (TPSA) is 161 Å². The molecule has 10 nitrogen and oxygen atoms in total. The number of nitrogens with two attached hydrogens (primary N) is 1. The number of anilines is 1. The maximum Gasteiger partial charge on any atom is 0.300 e. The van der Waals surface area contributed by atoms with Crippen molar-refractivity contribution >= 4 is 38.8 Å². The number of nitrogens with zero attached hydrogens (tertiary/aromatic N) is 2. The van der Waals surface area contributed by atoms with Gasteiger partial charge in [0.25, 0.3) is 17.4 Å². The molecule has 1 aliphatic heterocycles. The summed E-state index contributed by atoms with van der Waals surface area (Å²) in [6.45, 7) is 0. The van der Waals surface area contributed by atoms with Crippen molar-refractivity contribution in [1.82, 2.24) is 0 Å². The summed E-state index contributed by atoms with van der Waals surface area (Å²) in [7, 11) is -4.00. The van der Waals surface area contributed by atoms with Crippen LogP contribution in [0.4, 0.5) is 11.4 Å². The Morgan fingerprint density at radius 3 is 2.21 bits per heavy atom. The minimum Gasteiger partial charge on any atom is -0.507 e. The van der Waals surface area contributed by atoms with Gasteiger partial charge in [0.05, 0.1) is 21.4 Å². The minimum atomic E-state index is -4.00. The maximum atomic E-state index is 13.1. The van der Waals surface area contributed by atoms with E-state index in [2.05, 4.69) is 0 Å². The first-order valence-corrected chi connectivity index (χ1v) is 11.4. The van der Waals surface area contributed by atoms with Crippen LogP contribution >= 0.6 is 0 Å². The maximum absolute atomic E-state index is 13.1. The average molecular weight is 479 g/mol. The highest BCUT2D eigenvalue weighted by molar-refractivity contribution is 7.89. The molecule has 3 N–H and O–H groups in total. The van der Waals surface area contributed by atoms with E-state index >= 15 is 0 Å². The Labute approximate surface area is 193 Å². The lowest BCUT2D eigenvalue weighted by molar-refractivity contribution is -0.384. The Kier molecular flexibility index (Phi) is 5.73. The predicted molar refractivity (Wildman–Crippen MR) is 122 cm³/mol. The first-order valence-electron chi connectivity index (χ1n) is 9.83. The SMILES string of the molecule is NS(=O)(=O)c1ccc(N2C(=O)C(=O)/C(=C(\O)c3ccccc3)[C@@H]2c2cccc([N+](=O)[O-])c2)cc1. The third kappa shape index (κ3) is 4.05. The molecule has 1 amide bonds. The summed E-state index contributed by atoms with van der Waals surface area (Å²) in [5.74, 6) is -2.43. The van der Waals surface area contributed by atoms with Gasteiger partial charge in [0, 0.05) is 23.4 Å². The number of nitro groups is 1. The molecule has 4 rings (SSSR count). The fourth-order valence-corrected chi connectivity index (χ4v) is 4.29. The third-order valence-electron chi connectivity index (χ3n) is 5.33. The van der Waals surface area contributed by atoms with Crippen molar-refractivity contribution in [2.75, 3.05) is 4.90 Å². The fourth-order valence-electron chi connectivity index (χ4n) is 3.77. The summed E-state index contributed by atoms with van der Waals surface area (Å²) < 4.78 is 23.2. The number of carbonyl (C=O) groups is 2. The summed E-state index contributed by atoms with van der Waals surface area (Å²) in [5, 5.41) is 27.5.